The Bertz CT molecular complexity index is 1810. The molecule has 39 heavy (non-hydrogen) atoms. The molecule has 4 bridgehead atoms. The van der Waals surface area contributed by atoms with Crippen LogP contribution in [0.2, 0.25) is 15.9 Å². The first kappa shape index (κ1) is 24.0. The fourth-order valence-electron chi connectivity index (χ4n) is 9.32. The molecular weight excluding hydrogens is 651 g/mol. The van der Waals surface area contributed by atoms with Crippen molar-refractivity contribution < 1.29 is 20.0 Å². The molecular formula is C37H34HfSi. The molecule has 8 rings (SSSR count). The summed E-state index contributed by atoms with van der Waals surface area (Å²) in [6, 6.07) is 39.8. The zero-order chi connectivity index (χ0) is 26.7. The summed E-state index contributed by atoms with van der Waals surface area (Å²) >= 11 is -3.08. The van der Waals surface area contributed by atoms with Crippen molar-refractivity contribution in [3.05, 3.63) is 137 Å². The summed E-state index contributed by atoms with van der Waals surface area (Å²) in [7, 11) is -2.40. The average Bonchev–Trinajstić information content (AvgIpc) is 3.45. The van der Waals surface area contributed by atoms with Gasteiger partial charge in [0.2, 0.25) is 0 Å². The molecule has 2 unspecified atom stereocenters. The summed E-state index contributed by atoms with van der Waals surface area (Å²) < 4.78 is 6.76. The van der Waals surface area contributed by atoms with Crippen LogP contribution in [-0.2, 0) is 20.0 Å². The van der Waals surface area contributed by atoms with Crippen LogP contribution in [0.3, 0.4) is 0 Å². The van der Waals surface area contributed by atoms with Gasteiger partial charge in [-0.1, -0.05) is 0 Å². The molecule has 0 saturated carbocycles. The maximum atomic E-state index is 2.77. The van der Waals surface area contributed by atoms with E-state index in [9.17, 15) is 0 Å². The van der Waals surface area contributed by atoms with Crippen LogP contribution >= 0.6 is 0 Å². The summed E-state index contributed by atoms with van der Waals surface area (Å²) in [6.07, 6.45) is 0. The quantitative estimate of drug-likeness (QED) is 0.154. The van der Waals surface area contributed by atoms with E-state index in [1.807, 2.05) is 0 Å². The van der Waals surface area contributed by atoms with E-state index in [0.717, 1.165) is 0 Å². The molecule has 5 aromatic rings. The Hall–Kier alpha value is -2.81. The Morgan fingerprint density at radius 3 is 1.46 bits per heavy atom. The van der Waals surface area contributed by atoms with E-state index in [0.29, 0.717) is 7.35 Å². The van der Waals surface area contributed by atoms with Crippen LogP contribution in [0, 0.1) is 0 Å². The summed E-state index contributed by atoms with van der Waals surface area (Å²) in [6.45, 7) is 7.76. The van der Waals surface area contributed by atoms with Crippen molar-refractivity contribution in [2.75, 3.05) is 0 Å². The third kappa shape index (κ3) is 2.92. The van der Waals surface area contributed by atoms with Gasteiger partial charge in [-0.25, -0.2) is 0 Å². The van der Waals surface area contributed by atoms with Gasteiger partial charge >= 0.3 is 239 Å². The normalized spacial score (nSPS) is 24.6. The minimum absolute atomic E-state index is 0.613. The predicted octanol–water partition coefficient (Wildman–Crippen LogP) is 9.68. The standard InChI is InChI=1S/C35H28Si.2CH3.Hf/c1-23-21-27-19-17-25-11-7-9-15-30(25)32(27)34(23)36(3,29-13-5-4-6-14-29)35-24(2)22-28-20-18-26-12-8-10-16-31(26)33(28)35;;;/h4-22H,1-3H3;2*1H3;. The number of allylic oxidation sites excluding steroid dienone is 2. The van der Waals surface area contributed by atoms with Crippen molar-refractivity contribution >= 4 is 45.2 Å². The third-order valence-corrected chi connectivity index (χ3v) is 31.4. The summed E-state index contributed by atoms with van der Waals surface area (Å²) in [5.41, 5.74) is 9.89. The first-order chi connectivity index (χ1) is 18.8. The van der Waals surface area contributed by atoms with Gasteiger partial charge < -0.3 is 0 Å². The van der Waals surface area contributed by atoms with E-state index in [1.54, 1.807) is 49.0 Å². The van der Waals surface area contributed by atoms with Crippen LogP contribution < -0.4 is 5.19 Å². The van der Waals surface area contributed by atoms with Gasteiger partial charge in [0.1, 0.15) is 0 Å². The van der Waals surface area contributed by atoms with Crippen molar-refractivity contribution in [1.82, 2.24) is 0 Å². The molecule has 1 aliphatic heterocycles. The first-order valence-corrected chi connectivity index (χ1v) is 28.2. The second-order valence-electron chi connectivity index (χ2n) is 12.8. The molecule has 5 aromatic carbocycles. The van der Waals surface area contributed by atoms with Crippen molar-refractivity contribution in [3.63, 3.8) is 0 Å². The SMILES string of the molecule is CC1=C2c3c(ccc4ccccc34)[CH]1[Hf]([CH3])([CH3])[CH]1C(C)=C(c3c1ccc1ccccc31)[Si]2(C)c1ccccc1. The fraction of sp³-hybridized carbons (Fsp3) is 0.189. The zero-order valence-electron chi connectivity index (χ0n) is 23.5. The Morgan fingerprint density at radius 2 is 0.974 bits per heavy atom. The zero-order valence-corrected chi connectivity index (χ0v) is 28.1. The average molecular weight is 685 g/mol. The Morgan fingerprint density at radius 1 is 0.538 bits per heavy atom. The molecule has 0 fully saturated rings. The Kier molecular flexibility index (Phi) is 5.00. The molecule has 0 aromatic heterocycles. The molecule has 0 N–H and O–H groups in total. The first-order valence-electron chi connectivity index (χ1n) is 14.4. The summed E-state index contributed by atoms with van der Waals surface area (Å²) in [4.78, 5) is 0. The van der Waals surface area contributed by atoms with Crippen LogP contribution in [0.5, 0.6) is 0 Å². The van der Waals surface area contributed by atoms with E-state index in [2.05, 4.69) is 133 Å². The van der Waals surface area contributed by atoms with Gasteiger partial charge in [-0.15, -0.1) is 0 Å². The van der Waals surface area contributed by atoms with Gasteiger partial charge in [-0.05, 0) is 0 Å². The third-order valence-electron chi connectivity index (χ3n) is 10.5. The Balaban J connectivity index is 1.60. The molecule has 0 nitrogen and oxygen atoms in total. The number of fused-ring (bicyclic) bond motifs is 12. The maximum absolute atomic E-state index is 3.08. The summed E-state index contributed by atoms with van der Waals surface area (Å²) in [5.74, 6) is 0. The monoisotopic (exact) mass is 686 g/mol. The molecule has 2 heteroatoms. The van der Waals surface area contributed by atoms with Gasteiger partial charge in [-0.2, -0.15) is 0 Å². The second kappa shape index (κ2) is 8.12. The number of hydrogen-bond acceptors (Lipinski definition) is 0. The molecule has 2 aliphatic carbocycles. The van der Waals surface area contributed by atoms with Crippen molar-refractivity contribution in [1.29, 1.82) is 0 Å². The Labute approximate surface area is 237 Å². The second-order valence-corrected chi connectivity index (χ2v) is 33.9. The minimum atomic E-state index is -3.08. The van der Waals surface area contributed by atoms with Gasteiger partial charge in [0, 0.05) is 0 Å². The molecule has 190 valence electrons. The molecule has 1 heterocycles. The van der Waals surface area contributed by atoms with Gasteiger partial charge in [0.15, 0.2) is 0 Å². The van der Waals surface area contributed by atoms with Crippen LogP contribution in [0.15, 0.2) is 114 Å². The van der Waals surface area contributed by atoms with Crippen LogP contribution in [0.4, 0.5) is 0 Å². The van der Waals surface area contributed by atoms with Gasteiger partial charge in [0.05, 0.1) is 0 Å². The van der Waals surface area contributed by atoms with E-state index in [4.69, 9.17) is 0 Å². The van der Waals surface area contributed by atoms with Crippen molar-refractivity contribution in [2.24, 2.45) is 0 Å². The molecule has 0 spiro atoms. The van der Waals surface area contributed by atoms with Crippen molar-refractivity contribution in [3.8, 4) is 0 Å². The number of hydrogen-bond donors (Lipinski definition) is 0. The topological polar surface area (TPSA) is 0 Å². The number of rotatable bonds is 1. The van der Waals surface area contributed by atoms with Gasteiger partial charge in [0.25, 0.3) is 0 Å². The fourth-order valence-corrected chi connectivity index (χ4v) is 33.2. The number of benzene rings is 5. The van der Waals surface area contributed by atoms with E-state index < -0.39 is 28.0 Å². The van der Waals surface area contributed by atoms with Crippen LogP contribution in [0.25, 0.3) is 31.9 Å². The molecule has 3 aliphatic rings. The van der Waals surface area contributed by atoms with Gasteiger partial charge in [-0.3, -0.25) is 0 Å². The van der Waals surface area contributed by atoms with E-state index >= 15 is 0 Å². The summed E-state index contributed by atoms with van der Waals surface area (Å²) in [5, 5.41) is 10.6. The molecule has 0 amide bonds. The molecule has 0 radical (unpaired) electrons. The van der Waals surface area contributed by atoms with Crippen molar-refractivity contribution in [2.45, 2.75) is 37.1 Å². The van der Waals surface area contributed by atoms with E-state index in [-0.39, 0.29) is 0 Å². The molecule has 0 saturated heterocycles. The van der Waals surface area contributed by atoms with Crippen LogP contribution in [0.1, 0.15) is 43.5 Å². The van der Waals surface area contributed by atoms with E-state index in [1.165, 1.54) is 21.5 Å². The van der Waals surface area contributed by atoms with Crippen LogP contribution in [-0.4, -0.2) is 8.07 Å². The predicted molar refractivity (Wildman–Crippen MR) is 168 cm³/mol. The molecule has 2 atom stereocenters.